The quantitative estimate of drug-likeness (QED) is 0.433. The van der Waals surface area contributed by atoms with E-state index in [-0.39, 0.29) is 17.4 Å². The first-order chi connectivity index (χ1) is 8.97. The second kappa shape index (κ2) is 19.1. The van der Waals surface area contributed by atoms with Crippen LogP contribution in [0.15, 0.2) is 42.5 Å². The normalized spacial score (nSPS) is 14.5. The molecule has 4 heteroatoms. The van der Waals surface area contributed by atoms with Crippen LogP contribution >= 0.6 is 0 Å². The van der Waals surface area contributed by atoms with E-state index in [2.05, 4.69) is 62.4 Å². The van der Waals surface area contributed by atoms with E-state index < -0.39 is 0 Å². The molecule has 0 radical (unpaired) electrons. The number of benzene rings is 1. The molecule has 0 N–H and O–H groups in total. The third-order valence-corrected chi connectivity index (χ3v) is 2.48. The minimum atomic E-state index is 0. The standard InChI is InChI=1S/C12H14.3CO.Cr/c1-3-7-11(8-4-1)12-9-5-2-6-10-12;3*1-2;/h1,3-5,7-9,12H,2,6,10H2;;;;. The molecule has 0 saturated heterocycles. The van der Waals surface area contributed by atoms with Crippen LogP contribution in [0.3, 0.4) is 0 Å². The molecule has 1 aliphatic rings. The van der Waals surface area contributed by atoms with Crippen molar-refractivity contribution in [1.29, 1.82) is 0 Å². The van der Waals surface area contributed by atoms with E-state index in [0.29, 0.717) is 5.92 Å². The van der Waals surface area contributed by atoms with Gasteiger partial charge in [-0.15, -0.1) is 0 Å². The van der Waals surface area contributed by atoms with Crippen LogP contribution in [0.5, 0.6) is 0 Å². The molecule has 0 aliphatic heterocycles. The minimum Gasteiger partial charge on any atom is 0 e. The molecule has 19 heavy (non-hydrogen) atoms. The van der Waals surface area contributed by atoms with Gasteiger partial charge in [0.05, 0.1) is 0 Å². The monoisotopic (exact) mass is 294 g/mol. The van der Waals surface area contributed by atoms with E-state index in [9.17, 15) is 0 Å². The van der Waals surface area contributed by atoms with Gasteiger partial charge in [-0.1, -0.05) is 42.5 Å². The summed E-state index contributed by atoms with van der Waals surface area (Å²) in [7, 11) is 0. The first-order valence-corrected chi connectivity index (χ1v) is 5.29. The molecular weight excluding hydrogens is 280 g/mol. The first-order valence-electron chi connectivity index (χ1n) is 5.29. The van der Waals surface area contributed by atoms with Crippen LogP contribution in [0, 0.1) is 20.0 Å². The molecule has 2 rings (SSSR count). The molecule has 1 atom stereocenters. The number of rotatable bonds is 1. The zero-order valence-corrected chi connectivity index (χ0v) is 11.6. The SMILES string of the molecule is C1=CC(c2ccccc2)CCC1.[C-]#[O+].[C-]#[O+].[C-]#[O+].[Cr]. The summed E-state index contributed by atoms with van der Waals surface area (Å²) in [6.45, 7) is 13.5. The van der Waals surface area contributed by atoms with Crippen molar-refractivity contribution in [3.05, 3.63) is 68.0 Å². The summed E-state index contributed by atoms with van der Waals surface area (Å²) in [4.78, 5) is 0. The van der Waals surface area contributed by atoms with Gasteiger partial charge in [0, 0.05) is 23.3 Å². The Balaban J connectivity index is -0.000000325. The molecule has 1 aliphatic carbocycles. The Hall–Kier alpha value is -1.29. The molecule has 0 fully saturated rings. The molecule has 0 aromatic heterocycles. The molecule has 0 amide bonds. The van der Waals surface area contributed by atoms with Crippen LogP contribution in [-0.4, -0.2) is 0 Å². The van der Waals surface area contributed by atoms with Gasteiger partial charge in [-0.05, 0) is 24.8 Å². The van der Waals surface area contributed by atoms with Gasteiger partial charge in [-0.3, -0.25) is 0 Å². The predicted molar refractivity (Wildman–Crippen MR) is 64.0 cm³/mol. The Morgan fingerprint density at radius 1 is 0.895 bits per heavy atom. The van der Waals surface area contributed by atoms with Crippen molar-refractivity contribution in [3.63, 3.8) is 0 Å². The fourth-order valence-electron chi connectivity index (χ4n) is 1.79. The number of hydrogen-bond acceptors (Lipinski definition) is 0. The molecular formula is C15H14CrO3. The third-order valence-electron chi connectivity index (χ3n) is 2.48. The molecule has 0 bridgehead atoms. The maximum Gasteiger partial charge on any atom is 0 e. The summed E-state index contributed by atoms with van der Waals surface area (Å²) in [6.07, 6.45) is 8.58. The molecule has 98 valence electrons. The summed E-state index contributed by atoms with van der Waals surface area (Å²) in [6, 6.07) is 10.8. The van der Waals surface area contributed by atoms with Gasteiger partial charge in [-0.25, -0.2) is 0 Å². The summed E-state index contributed by atoms with van der Waals surface area (Å²) in [5.41, 5.74) is 1.47. The van der Waals surface area contributed by atoms with Crippen LogP contribution in [-0.2, 0) is 31.3 Å². The van der Waals surface area contributed by atoms with E-state index in [4.69, 9.17) is 14.0 Å². The maximum atomic E-state index is 7.50. The Morgan fingerprint density at radius 3 is 1.84 bits per heavy atom. The first kappa shape index (κ1) is 22.9. The molecule has 3 nitrogen and oxygen atoms in total. The van der Waals surface area contributed by atoms with Crippen molar-refractivity contribution in [2.24, 2.45) is 0 Å². The van der Waals surface area contributed by atoms with Gasteiger partial charge in [-0.2, -0.15) is 0 Å². The summed E-state index contributed by atoms with van der Waals surface area (Å²) < 4.78 is 22.5. The van der Waals surface area contributed by atoms with Crippen molar-refractivity contribution in [1.82, 2.24) is 0 Å². The molecule has 0 saturated carbocycles. The second-order valence-corrected chi connectivity index (χ2v) is 3.38. The molecule has 1 aromatic rings. The van der Waals surface area contributed by atoms with Gasteiger partial charge in [0.15, 0.2) is 0 Å². The zero-order valence-electron chi connectivity index (χ0n) is 10.4. The van der Waals surface area contributed by atoms with Crippen LogP contribution in [0.1, 0.15) is 30.7 Å². The topological polar surface area (TPSA) is 59.7 Å². The van der Waals surface area contributed by atoms with Gasteiger partial charge in [0.25, 0.3) is 0 Å². The summed E-state index contributed by atoms with van der Waals surface area (Å²) >= 11 is 0. The van der Waals surface area contributed by atoms with Crippen molar-refractivity contribution < 1.29 is 31.3 Å². The Labute approximate surface area is 125 Å². The smallest absolute Gasteiger partial charge is 0 e. The van der Waals surface area contributed by atoms with Crippen molar-refractivity contribution in [3.8, 4) is 0 Å². The fourth-order valence-corrected chi connectivity index (χ4v) is 1.79. The number of allylic oxidation sites excluding steroid dienone is 2. The van der Waals surface area contributed by atoms with Gasteiger partial charge in [0.2, 0.25) is 0 Å². The zero-order chi connectivity index (χ0) is 14.2. The molecule has 1 unspecified atom stereocenters. The fraction of sp³-hybridized carbons (Fsp3) is 0.267. The van der Waals surface area contributed by atoms with E-state index in [0.717, 1.165) is 0 Å². The molecule has 1 aromatic carbocycles. The number of hydrogen-bond donors (Lipinski definition) is 0. The molecule has 0 heterocycles. The van der Waals surface area contributed by atoms with E-state index in [1.54, 1.807) is 0 Å². The van der Waals surface area contributed by atoms with Crippen LogP contribution < -0.4 is 0 Å². The Bertz CT molecular complexity index is 365. The minimum absolute atomic E-state index is 0. The van der Waals surface area contributed by atoms with Gasteiger partial charge < -0.3 is 0 Å². The van der Waals surface area contributed by atoms with Gasteiger partial charge in [0.1, 0.15) is 0 Å². The molecule has 0 spiro atoms. The van der Waals surface area contributed by atoms with Crippen LogP contribution in [0.2, 0.25) is 0 Å². The van der Waals surface area contributed by atoms with E-state index in [1.165, 1.54) is 24.8 Å². The van der Waals surface area contributed by atoms with Crippen LogP contribution in [0.4, 0.5) is 0 Å². The average molecular weight is 294 g/mol. The third kappa shape index (κ3) is 10.3. The Kier molecular flexibility index (Phi) is 22.9. The van der Waals surface area contributed by atoms with Crippen LogP contribution in [0.25, 0.3) is 0 Å². The summed E-state index contributed by atoms with van der Waals surface area (Å²) in [5, 5.41) is 0. The average Bonchev–Trinajstić information content (AvgIpc) is 2.55. The Morgan fingerprint density at radius 2 is 1.42 bits per heavy atom. The second-order valence-electron chi connectivity index (χ2n) is 3.38. The summed E-state index contributed by atoms with van der Waals surface area (Å²) in [5.74, 6) is 0.681. The van der Waals surface area contributed by atoms with E-state index in [1.807, 2.05) is 0 Å². The maximum absolute atomic E-state index is 7.50. The van der Waals surface area contributed by atoms with Crippen molar-refractivity contribution in [2.75, 3.05) is 0 Å². The van der Waals surface area contributed by atoms with Crippen molar-refractivity contribution >= 4 is 0 Å². The van der Waals surface area contributed by atoms with Gasteiger partial charge >= 0.3 is 33.9 Å². The van der Waals surface area contributed by atoms with Crippen molar-refractivity contribution in [2.45, 2.75) is 25.2 Å². The largest absolute Gasteiger partial charge is 0 e. The van der Waals surface area contributed by atoms with E-state index >= 15 is 0 Å². The predicted octanol–water partition coefficient (Wildman–Crippen LogP) is 3.40.